The summed E-state index contributed by atoms with van der Waals surface area (Å²) in [7, 11) is -3.15. The molecule has 0 aliphatic rings. The topological polar surface area (TPSA) is 60.2 Å². The number of aromatic nitrogens is 1. The minimum atomic E-state index is -3.15. The van der Waals surface area contributed by atoms with Gasteiger partial charge in [-0.2, -0.15) is 0 Å². The molecule has 5 heteroatoms. The SMILES string of the molecule is Cc1noc(C)c1-c1ccc(S(C)(=O)=O)cc1. The maximum atomic E-state index is 11.3. The molecule has 0 spiro atoms. The average molecular weight is 251 g/mol. The van der Waals surface area contributed by atoms with E-state index >= 15 is 0 Å². The third kappa shape index (κ3) is 2.24. The summed E-state index contributed by atoms with van der Waals surface area (Å²) in [5.41, 5.74) is 2.63. The van der Waals surface area contributed by atoms with Gasteiger partial charge >= 0.3 is 0 Å². The highest BCUT2D eigenvalue weighted by Crippen LogP contribution is 2.27. The van der Waals surface area contributed by atoms with Gasteiger partial charge in [-0.1, -0.05) is 17.3 Å². The lowest BCUT2D eigenvalue weighted by Crippen LogP contribution is -1.96. The Morgan fingerprint density at radius 2 is 1.71 bits per heavy atom. The molecule has 2 rings (SSSR count). The van der Waals surface area contributed by atoms with Crippen LogP contribution in [-0.2, 0) is 9.84 Å². The van der Waals surface area contributed by atoms with Gasteiger partial charge in [0.2, 0.25) is 0 Å². The number of rotatable bonds is 2. The largest absolute Gasteiger partial charge is 0.361 e. The van der Waals surface area contributed by atoms with E-state index < -0.39 is 9.84 Å². The normalized spacial score (nSPS) is 11.7. The van der Waals surface area contributed by atoms with Crippen LogP contribution in [0, 0.1) is 13.8 Å². The van der Waals surface area contributed by atoms with Gasteiger partial charge in [0.25, 0.3) is 0 Å². The van der Waals surface area contributed by atoms with Gasteiger partial charge in [-0.3, -0.25) is 0 Å². The van der Waals surface area contributed by atoms with Crippen molar-refractivity contribution in [2.24, 2.45) is 0 Å². The molecule has 1 heterocycles. The van der Waals surface area contributed by atoms with Crippen molar-refractivity contribution in [3.63, 3.8) is 0 Å². The van der Waals surface area contributed by atoms with Crippen LogP contribution in [0.1, 0.15) is 11.5 Å². The molecule has 1 aromatic heterocycles. The van der Waals surface area contributed by atoms with E-state index in [1.165, 1.54) is 6.26 Å². The number of hydrogen-bond donors (Lipinski definition) is 0. The third-order valence-electron chi connectivity index (χ3n) is 2.60. The molecule has 0 aliphatic heterocycles. The molecule has 0 radical (unpaired) electrons. The number of aryl methyl sites for hydroxylation is 2. The Bertz CT molecular complexity index is 619. The highest BCUT2D eigenvalue weighted by Gasteiger charge is 2.12. The summed E-state index contributed by atoms with van der Waals surface area (Å²) >= 11 is 0. The Morgan fingerprint density at radius 1 is 1.12 bits per heavy atom. The Kier molecular flexibility index (Phi) is 2.79. The monoisotopic (exact) mass is 251 g/mol. The molecular formula is C12H13NO3S. The van der Waals surface area contributed by atoms with Gasteiger partial charge in [0, 0.05) is 11.8 Å². The van der Waals surface area contributed by atoms with Crippen molar-refractivity contribution in [2.75, 3.05) is 6.26 Å². The van der Waals surface area contributed by atoms with Crippen molar-refractivity contribution in [3.05, 3.63) is 35.7 Å². The van der Waals surface area contributed by atoms with Gasteiger partial charge in [0.1, 0.15) is 5.76 Å². The van der Waals surface area contributed by atoms with E-state index in [1.807, 2.05) is 13.8 Å². The number of sulfone groups is 1. The molecular weight excluding hydrogens is 238 g/mol. The summed E-state index contributed by atoms with van der Waals surface area (Å²) in [5.74, 6) is 0.731. The average Bonchev–Trinajstić information content (AvgIpc) is 2.58. The zero-order valence-electron chi connectivity index (χ0n) is 9.89. The first-order valence-corrected chi connectivity index (χ1v) is 7.02. The maximum Gasteiger partial charge on any atom is 0.175 e. The van der Waals surface area contributed by atoms with Crippen molar-refractivity contribution >= 4 is 9.84 Å². The molecule has 1 aromatic carbocycles. The summed E-state index contributed by atoms with van der Waals surface area (Å²) in [6.45, 7) is 3.69. The molecule has 90 valence electrons. The van der Waals surface area contributed by atoms with Crippen LogP contribution >= 0.6 is 0 Å². The molecule has 0 atom stereocenters. The highest BCUT2D eigenvalue weighted by molar-refractivity contribution is 7.90. The summed E-state index contributed by atoms with van der Waals surface area (Å²) in [6.07, 6.45) is 1.19. The predicted molar refractivity (Wildman–Crippen MR) is 64.5 cm³/mol. The fourth-order valence-electron chi connectivity index (χ4n) is 1.76. The van der Waals surface area contributed by atoms with E-state index in [0.717, 1.165) is 22.6 Å². The van der Waals surface area contributed by atoms with Crippen molar-refractivity contribution in [2.45, 2.75) is 18.7 Å². The van der Waals surface area contributed by atoms with Crippen LogP contribution in [0.15, 0.2) is 33.7 Å². The fourth-order valence-corrected chi connectivity index (χ4v) is 2.39. The van der Waals surface area contributed by atoms with Gasteiger partial charge < -0.3 is 4.52 Å². The Hall–Kier alpha value is -1.62. The molecule has 4 nitrogen and oxygen atoms in total. The smallest absolute Gasteiger partial charge is 0.175 e. The van der Waals surface area contributed by atoms with E-state index in [2.05, 4.69) is 5.16 Å². The Labute approximate surface area is 100 Å². The van der Waals surface area contributed by atoms with E-state index in [1.54, 1.807) is 24.3 Å². The number of nitrogens with zero attached hydrogens (tertiary/aromatic N) is 1. The maximum absolute atomic E-state index is 11.3. The number of benzene rings is 1. The first-order chi connectivity index (χ1) is 7.89. The first-order valence-electron chi connectivity index (χ1n) is 5.13. The van der Waals surface area contributed by atoms with E-state index in [0.29, 0.717) is 4.90 Å². The molecule has 0 N–H and O–H groups in total. The van der Waals surface area contributed by atoms with Crippen LogP contribution in [0.5, 0.6) is 0 Å². The second-order valence-corrected chi connectivity index (χ2v) is 6.01. The molecule has 0 unspecified atom stereocenters. The van der Waals surface area contributed by atoms with Gasteiger partial charge in [0.05, 0.1) is 10.6 Å². The summed E-state index contributed by atoms with van der Waals surface area (Å²) in [4.78, 5) is 0.313. The van der Waals surface area contributed by atoms with E-state index in [9.17, 15) is 8.42 Å². The lowest BCUT2D eigenvalue weighted by atomic mass is 10.0. The first kappa shape index (κ1) is 11.9. The zero-order valence-corrected chi connectivity index (χ0v) is 10.7. The quantitative estimate of drug-likeness (QED) is 0.822. The Morgan fingerprint density at radius 3 is 2.12 bits per heavy atom. The lowest BCUT2D eigenvalue weighted by molar-refractivity contribution is 0.393. The van der Waals surface area contributed by atoms with Crippen LogP contribution in [0.25, 0.3) is 11.1 Å². The van der Waals surface area contributed by atoms with Crippen molar-refractivity contribution in [3.8, 4) is 11.1 Å². The van der Waals surface area contributed by atoms with Crippen LogP contribution in [0.2, 0.25) is 0 Å². The molecule has 0 saturated carbocycles. The van der Waals surface area contributed by atoms with Crippen LogP contribution in [0.4, 0.5) is 0 Å². The van der Waals surface area contributed by atoms with Crippen molar-refractivity contribution < 1.29 is 12.9 Å². The minimum Gasteiger partial charge on any atom is -0.361 e. The van der Waals surface area contributed by atoms with Gasteiger partial charge in [-0.25, -0.2) is 8.42 Å². The summed E-state index contributed by atoms with van der Waals surface area (Å²) in [6, 6.07) is 6.72. The van der Waals surface area contributed by atoms with Crippen molar-refractivity contribution in [1.29, 1.82) is 0 Å². The summed E-state index contributed by atoms with van der Waals surface area (Å²) < 4.78 is 27.7. The molecule has 0 amide bonds. The van der Waals surface area contributed by atoms with Crippen LogP contribution in [-0.4, -0.2) is 19.8 Å². The van der Waals surface area contributed by atoms with Crippen molar-refractivity contribution in [1.82, 2.24) is 5.16 Å². The van der Waals surface area contributed by atoms with E-state index in [4.69, 9.17) is 4.52 Å². The number of hydrogen-bond acceptors (Lipinski definition) is 4. The Balaban J connectivity index is 2.50. The predicted octanol–water partition coefficient (Wildman–Crippen LogP) is 2.36. The highest BCUT2D eigenvalue weighted by atomic mass is 32.2. The molecule has 0 fully saturated rings. The zero-order chi connectivity index (χ0) is 12.6. The minimum absolute atomic E-state index is 0.313. The molecule has 17 heavy (non-hydrogen) atoms. The second-order valence-electron chi connectivity index (χ2n) is 4.00. The summed E-state index contributed by atoms with van der Waals surface area (Å²) in [5, 5.41) is 3.87. The molecule has 0 saturated heterocycles. The lowest BCUT2D eigenvalue weighted by Gasteiger charge is -2.02. The van der Waals surface area contributed by atoms with Gasteiger partial charge in [0.15, 0.2) is 9.84 Å². The third-order valence-corrected chi connectivity index (χ3v) is 3.73. The molecule has 0 bridgehead atoms. The van der Waals surface area contributed by atoms with Gasteiger partial charge in [-0.05, 0) is 31.5 Å². The standard InChI is InChI=1S/C12H13NO3S/c1-8-12(9(2)16-13-8)10-4-6-11(7-5-10)17(3,14)15/h4-7H,1-3H3. The fraction of sp³-hybridized carbons (Fsp3) is 0.250. The van der Waals surface area contributed by atoms with Crippen LogP contribution in [0.3, 0.4) is 0 Å². The van der Waals surface area contributed by atoms with E-state index in [-0.39, 0.29) is 0 Å². The van der Waals surface area contributed by atoms with Crippen LogP contribution < -0.4 is 0 Å². The second kappa shape index (κ2) is 4.00. The van der Waals surface area contributed by atoms with Gasteiger partial charge in [-0.15, -0.1) is 0 Å². The molecule has 2 aromatic rings. The molecule has 0 aliphatic carbocycles.